The molecule has 5 rings (SSSR count). The maximum Gasteiger partial charge on any atom is 0.358 e. The maximum atomic E-state index is 11.9. The molecule has 4 nitrogen and oxygen atoms in total. The van der Waals surface area contributed by atoms with E-state index in [1.165, 1.54) is 12.7 Å². The highest BCUT2D eigenvalue weighted by Crippen LogP contribution is 2.52. The molecule has 3 heterocycles. The number of benzene rings is 1. The molecule has 1 aromatic carbocycles. The van der Waals surface area contributed by atoms with Gasteiger partial charge >= 0.3 is 5.97 Å². The van der Waals surface area contributed by atoms with Gasteiger partial charge in [-0.3, -0.25) is 0 Å². The molecule has 1 saturated carbocycles. The number of nitrogens with zero attached hydrogens (tertiary/aromatic N) is 2. The van der Waals surface area contributed by atoms with Crippen LogP contribution in [0.15, 0.2) is 22.7 Å². The number of halogens is 1. The summed E-state index contributed by atoms with van der Waals surface area (Å²) in [6.45, 7) is 1.96. The van der Waals surface area contributed by atoms with Gasteiger partial charge in [-0.2, -0.15) is 0 Å². The quantitative estimate of drug-likeness (QED) is 0.737. The molecule has 21 heavy (non-hydrogen) atoms. The van der Waals surface area contributed by atoms with Crippen molar-refractivity contribution in [3.8, 4) is 11.4 Å². The first-order chi connectivity index (χ1) is 10.1. The number of esters is 1. The van der Waals surface area contributed by atoms with Crippen LogP contribution < -0.4 is 0 Å². The summed E-state index contributed by atoms with van der Waals surface area (Å²) in [5, 5.41) is 0. The Morgan fingerprint density at radius 3 is 2.90 bits per heavy atom. The van der Waals surface area contributed by atoms with E-state index in [9.17, 15) is 4.79 Å². The third-order valence-corrected chi connectivity index (χ3v) is 5.20. The highest BCUT2D eigenvalue weighted by Gasteiger charge is 2.40. The van der Waals surface area contributed by atoms with E-state index in [2.05, 4.69) is 43.7 Å². The van der Waals surface area contributed by atoms with E-state index in [1.54, 1.807) is 0 Å². The third-order valence-electron chi connectivity index (χ3n) is 4.70. The Bertz CT molecular complexity index is 760. The van der Waals surface area contributed by atoms with E-state index < -0.39 is 0 Å². The Hall–Kier alpha value is -1.62. The number of ether oxygens (including phenoxy) is 1. The first-order valence-electron chi connectivity index (χ1n) is 7.07. The molecule has 2 aliphatic heterocycles. The van der Waals surface area contributed by atoms with Gasteiger partial charge in [0.2, 0.25) is 0 Å². The fourth-order valence-electron chi connectivity index (χ4n) is 3.57. The predicted molar refractivity (Wildman–Crippen MR) is 82.5 cm³/mol. The van der Waals surface area contributed by atoms with Gasteiger partial charge in [-0.1, -0.05) is 22.0 Å². The summed E-state index contributed by atoms with van der Waals surface area (Å²) in [6.07, 6.45) is 2.25. The Balaban J connectivity index is 2.00. The van der Waals surface area contributed by atoms with Crippen LogP contribution in [-0.2, 0) is 4.74 Å². The van der Waals surface area contributed by atoms with Crippen LogP contribution in [0.2, 0.25) is 0 Å². The van der Waals surface area contributed by atoms with Gasteiger partial charge in [0.1, 0.15) is 5.82 Å². The smallest absolute Gasteiger partial charge is 0.358 e. The van der Waals surface area contributed by atoms with Crippen molar-refractivity contribution in [3.63, 3.8) is 0 Å². The molecule has 2 bridgehead atoms. The maximum absolute atomic E-state index is 11.9. The summed E-state index contributed by atoms with van der Waals surface area (Å²) >= 11 is 3.54. The molecule has 108 valence electrons. The molecular weight excluding hydrogens is 332 g/mol. The van der Waals surface area contributed by atoms with Crippen LogP contribution in [0.3, 0.4) is 0 Å². The minimum atomic E-state index is -0.361. The Morgan fingerprint density at radius 2 is 2.19 bits per heavy atom. The molecule has 0 atom stereocenters. The Labute approximate surface area is 131 Å². The van der Waals surface area contributed by atoms with Crippen molar-refractivity contribution in [2.45, 2.75) is 31.7 Å². The van der Waals surface area contributed by atoms with E-state index in [-0.39, 0.29) is 5.97 Å². The van der Waals surface area contributed by atoms with Crippen LogP contribution in [0.25, 0.3) is 11.4 Å². The van der Waals surface area contributed by atoms with E-state index in [4.69, 9.17) is 4.74 Å². The first-order valence-corrected chi connectivity index (χ1v) is 7.86. The Morgan fingerprint density at radius 1 is 1.43 bits per heavy atom. The van der Waals surface area contributed by atoms with Crippen LogP contribution in [-0.4, -0.2) is 22.6 Å². The second-order valence-corrected chi connectivity index (χ2v) is 6.70. The second-order valence-electron chi connectivity index (χ2n) is 5.78. The summed E-state index contributed by atoms with van der Waals surface area (Å²) < 4.78 is 8.12. The largest absolute Gasteiger partial charge is 0.464 e. The molecule has 1 fully saturated rings. The third kappa shape index (κ3) is 1.73. The van der Waals surface area contributed by atoms with Crippen molar-refractivity contribution >= 4 is 21.9 Å². The van der Waals surface area contributed by atoms with Crippen molar-refractivity contribution in [2.24, 2.45) is 0 Å². The number of aromatic nitrogens is 2. The van der Waals surface area contributed by atoms with Gasteiger partial charge in [0.15, 0.2) is 5.69 Å². The standard InChI is InChI=1S/C16H15BrN2O2/c1-8-14(16(20)21-2)18-15-13-7-10(17)3-4-12(13)9-5-11(6-9)19(8)15/h3-4,7,9,11H,5-6H2,1-2H3. The Kier molecular flexibility index (Phi) is 2.76. The van der Waals surface area contributed by atoms with Crippen molar-refractivity contribution < 1.29 is 9.53 Å². The normalized spacial score (nSPS) is 21.9. The van der Waals surface area contributed by atoms with Crippen molar-refractivity contribution in [1.82, 2.24) is 9.55 Å². The zero-order chi connectivity index (χ0) is 14.7. The molecule has 0 saturated heterocycles. The number of imidazole rings is 1. The van der Waals surface area contributed by atoms with Crippen LogP contribution in [0, 0.1) is 6.92 Å². The molecule has 0 N–H and O–H groups in total. The fraction of sp³-hybridized carbons (Fsp3) is 0.375. The molecule has 0 amide bonds. The van der Waals surface area contributed by atoms with Gasteiger partial charge in [-0.15, -0.1) is 0 Å². The molecule has 2 aromatic rings. The number of hydrogen-bond donors (Lipinski definition) is 0. The van der Waals surface area contributed by atoms with Crippen LogP contribution >= 0.6 is 15.9 Å². The number of carbonyl (C=O) groups excluding carboxylic acids is 1. The van der Waals surface area contributed by atoms with Gasteiger partial charge < -0.3 is 9.30 Å². The van der Waals surface area contributed by atoms with Gasteiger partial charge in [-0.25, -0.2) is 9.78 Å². The topological polar surface area (TPSA) is 44.1 Å². The molecule has 3 aliphatic rings. The summed E-state index contributed by atoms with van der Waals surface area (Å²) in [5.41, 5.74) is 3.82. The van der Waals surface area contributed by atoms with Gasteiger partial charge in [-0.05, 0) is 43.4 Å². The van der Waals surface area contributed by atoms with Gasteiger partial charge in [0.05, 0.1) is 7.11 Å². The van der Waals surface area contributed by atoms with Crippen LogP contribution in [0.5, 0.6) is 0 Å². The van der Waals surface area contributed by atoms with E-state index in [0.717, 1.165) is 34.4 Å². The molecule has 0 radical (unpaired) electrons. The SMILES string of the molecule is COC(=O)c1nc2n(c1C)C1CC(C1)c1ccc(Br)cc1-2. The summed E-state index contributed by atoms with van der Waals surface area (Å²) in [7, 11) is 1.40. The molecule has 5 heteroatoms. The predicted octanol–water partition coefficient (Wildman–Crippen LogP) is 3.84. The molecule has 1 aliphatic carbocycles. The number of methoxy groups -OCH3 is 1. The van der Waals surface area contributed by atoms with Crippen molar-refractivity contribution in [1.29, 1.82) is 0 Å². The zero-order valence-electron chi connectivity index (χ0n) is 11.9. The first kappa shape index (κ1) is 13.1. The van der Waals surface area contributed by atoms with E-state index >= 15 is 0 Å². The van der Waals surface area contributed by atoms with Crippen LogP contribution in [0.1, 0.15) is 46.5 Å². The molecule has 1 aromatic heterocycles. The lowest BCUT2D eigenvalue weighted by atomic mass is 9.76. The minimum Gasteiger partial charge on any atom is -0.464 e. The number of hydrogen-bond acceptors (Lipinski definition) is 3. The monoisotopic (exact) mass is 346 g/mol. The van der Waals surface area contributed by atoms with E-state index in [0.29, 0.717) is 17.7 Å². The summed E-state index contributed by atoms with van der Waals surface area (Å²) in [5.74, 6) is 1.15. The molecule has 0 spiro atoms. The lowest BCUT2D eigenvalue weighted by Crippen LogP contribution is -2.24. The van der Waals surface area contributed by atoms with Crippen LogP contribution in [0.4, 0.5) is 0 Å². The summed E-state index contributed by atoms with van der Waals surface area (Å²) in [6, 6.07) is 6.81. The highest BCUT2D eigenvalue weighted by molar-refractivity contribution is 9.10. The lowest BCUT2D eigenvalue weighted by molar-refractivity contribution is 0.0593. The minimum absolute atomic E-state index is 0.361. The zero-order valence-corrected chi connectivity index (χ0v) is 13.5. The average Bonchev–Trinajstić information content (AvgIpc) is 2.62. The van der Waals surface area contributed by atoms with Crippen molar-refractivity contribution in [3.05, 3.63) is 39.6 Å². The lowest BCUT2D eigenvalue weighted by Gasteiger charge is -2.35. The second kappa shape index (κ2) is 4.44. The number of carbonyl (C=O) groups is 1. The fourth-order valence-corrected chi connectivity index (χ4v) is 3.93. The van der Waals surface area contributed by atoms with Crippen molar-refractivity contribution in [2.75, 3.05) is 7.11 Å². The van der Waals surface area contributed by atoms with E-state index in [1.807, 2.05) is 6.92 Å². The summed E-state index contributed by atoms with van der Waals surface area (Å²) in [4.78, 5) is 16.5. The average molecular weight is 347 g/mol. The van der Waals surface area contributed by atoms with Gasteiger partial charge in [0.25, 0.3) is 0 Å². The number of rotatable bonds is 1. The molecule has 0 unspecified atom stereocenters. The highest BCUT2D eigenvalue weighted by atomic mass is 79.9. The van der Waals surface area contributed by atoms with Gasteiger partial charge in [0, 0.05) is 21.8 Å². The molecular formula is C16H15BrN2O2.